The molecule has 7 rings (SSSR count). The summed E-state index contributed by atoms with van der Waals surface area (Å²) in [6.45, 7) is 0.0804. The zero-order valence-electron chi connectivity index (χ0n) is 18.6. The molecule has 4 saturated carbocycles. The number of benzene rings is 1. The molecule has 1 atom stereocenters. The highest BCUT2D eigenvalue weighted by molar-refractivity contribution is 7.89. The van der Waals surface area contributed by atoms with Crippen LogP contribution in [0.15, 0.2) is 44.7 Å². The van der Waals surface area contributed by atoms with Crippen LogP contribution in [0.2, 0.25) is 5.02 Å². The topological polar surface area (TPSA) is 91.2 Å². The van der Waals surface area contributed by atoms with Crippen molar-refractivity contribution in [2.45, 2.75) is 49.5 Å². The van der Waals surface area contributed by atoms with E-state index in [4.69, 9.17) is 11.6 Å². The molecular formula is C24H26ClFN4O3S. The number of aliphatic imine (C=N–C) groups is 2. The molecule has 1 N–H and O–H groups in total. The van der Waals surface area contributed by atoms with Gasteiger partial charge in [-0.2, -0.15) is 4.31 Å². The summed E-state index contributed by atoms with van der Waals surface area (Å²) < 4.78 is 41.7. The van der Waals surface area contributed by atoms with Crippen molar-refractivity contribution in [3.63, 3.8) is 0 Å². The van der Waals surface area contributed by atoms with Crippen LogP contribution in [0.4, 0.5) is 4.39 Å². The Hall–Kier alpha value is -2.10. The summed E-state index contributed by atoms with van der Waals surface area (Å²) in [4.78, 5) is 21.7. The third-order valence-corrected chi connectivity index (χ3v) is 10.3. The first-order valence-electron chi connectivity index (χ1n) is 11.8. The van der Waals surface area contributed by atoms with Crippen LogP contribution < -0.4 is 5.32 Å². The largest absolute Gasteiger partial charge is 0.310 e. The Morgan fingerprint density at radius 2 is 1.82 bits per heavy atom. The van der Waals surface area contributed by atoms with E-state index < -0.39 is 26.8 Å². The average Bonchev–Trinajstić information content (AvgIpc) is 2.77. The van der Waals surface area contributed by atoms with Crippen LogP contribution in [0.25, 0.3) is 0 Å². The van der Waals surface area contributed by atoms with Crippen LogP contribution in [0.1, 0.15) is 38.5 Å². The summed E-state index contributed by atoms with van der Waals surface area (Å²) >= 11 is 5.78. The van der Waals surface area contributed by atoms with Crippen molar-refractivity contribution in [1.82, 2.24) is 9.62 Å². The van der Waals surface area contributed by atoms with E-state index in [0.29, 0.717) is 29.2 Å². The molecule has 1 amide bonds. The quantitative estimate of drug-likeness (QED) is 0.682. The van der Waals surface area contributed by atoms with Crippen LogP contribution >= 0.6 is 11.6 Å². The Morgan fingerprint density at radius 1 is 1.15 bits per heavy atom. The van der Waals surface area contributed by atoms with Crippen molar-refractivity contribution in [1.29, 1.82) is 0 Å². The molecule has 4 bridgehead atoms. The van der Waals surface area contributed by atoms with Crippen LogP contribution in [0.5, 0.6) is 0 Å². The second-order valence-corrected chi connectivity index (χ2v) is 12.8. The molecular weight excluding hydrogens is 479 g/mol. The van der Waals surface area contributed by atoms with Gasteiger partial charge in [-0.3, -0.25) is 9.79 Å². The lowest BCUT2D eigenvalue weighted by Crippen LogP contribution is -2.55. The summed E-state index contributed by atoms with van der Waals surface area (Å²) in [7, 11) is -4.08. The van der Waals surface area contributed by atoms with E-state index in [1.54, 1.807) is 6.08 Å². The molecule has 180 valence electrons. The van der Waals surface area contributed by atoms with Crippen molar-refractivity contribution in [3.8, 4) is 0 Å². The third-order valence-electron chi connectivity index (χ3n) is 8.22. The number of carbonyl (C=O) groups excluding carboxylic acids is 1. The summed E-state index contributed by atoms with van der Waals surface area (Å²) in [6.07, 6.45) is 9.71. The first kappa shape index (κ1) is 22.4. The Morgan fingerprint density at radius 3 is 2.47 bits per heavy atom. The summed E-state index contributed by atoms with van der Waals surface area (Å²) in [5, 5.41) is 3.21. The first-order valence-corrected chi connectivity index (χ1v) is 13.6. The lowest BCUT2D eigenvalue weighted by molar-refractivity contribution is -0.144. The summed E-state index contributed by atoms with van der Waals surface area (Å²) in [5.41, 5.74) is 0.404. The fourth-order valence-electron chi connectivity index (χ4n) is 7.08. The molecule has 0 spiro atoms. The fraction of sp³-hybridized carbons (Fsp3) is 0.542. The Kier molecular flexibility index (Phi) is 5.24. The maximum absolute atomic E-state index is 14.3. The number of halogens is 2. The number of rotatable bonds is 3. The maximum Gasteiger partial charge on any atom is 0.246 e. The van der Waals surface area contributed by atoms with Gasteiger partial charge in [0.05, 0.1) is 11.5 Å². The molecule has 0 radical (unpaired) electrons. The highest BCUT2D eigenvalue weighted by atomic mass is 35.5. The molecule has 6 aliphatic rings. The zero-order valence-corrected chi connectivity index (χ0v) is 20.2. The number of carbonyl (C=O) groups is 1. The highest BCUT2D eigenvalue weighted by Crippen LogP contribution is 2.60. The Bertz CT molecular complexity index is 1220. The van der Waals surface area contributed by atoms with E-state index in [1.165, 1.54) is 42.0 Å². The smallest absolute Gasteiger partial charge is 0.246 e. The van der Waals surface area contributed by atoms with Crippen LogP contribution in [-0.2, 0) is 14.8 Å². The lowest BCUT2D eigenvalue weighted by Gasteiger charge is -2.55. The number of nitrogens with zero attached hydrogens (tertiary/aromatic N) is 3. The van der Waals surface area contributed by atoms with Gasteiger partial charge in [0.25, 0.3) is 0 Å². The van der Waals surface area contributed by atoms with E-state index in [2.05, 4.69) is 15.3 Å². The minimum absolute atomic E-state index is 0.0397. The van der Waals surface area contributed by atoms with Gasteiger partial charge in [-0.05, 0) is 74.5 Å². The van der Waals surface area contributed by atoms with Gasteiger partial charge in [0.1, 0.15) is 22.9 Å². The number of amidine groups is 1. The van der Waals surface area contributed by atoms with Gasteiger partial charge in [0, 0.05) is 23.7 Å². The molecule has 1 unspecified atom stereocenters. The Balaban J connectivity index is 1.21. The number of sulfonamides is 1. The predicted octanol–water partition coefficient (Wildman–Crippen LogP) is 3.55. The van der Waals surface area contributed by atoms with E-state index in [-0.39, 0.29) is 29.4 Å². The van der Waals surface area contributed by atoms with Gasteiger partial charge in [0.15, 0.2) is 0 Å². The number of nitrogens with one attached hydrogen (secondary N) is 1. The van der Waals surface area contributed by atoms with E-state index in [9.17, 15) is 17.6 Å². The average molecular weight is 505 g/mol. The van der Waals surface area contributed by atoms with Gasteiger partial charge >= 0.3 is 0 Å². The monoisotopic (exact) mass is 504 g/mol. The predicted molar refractivity (Wildman–Crippen MR) is 127 cm³/mol. The normalized spacial score (nSPS) is 34.4. The van der Waals surface area contributed by atoms with Gasteiger partial charge in [-0.1, -0.05) is 17.7 Å². The lowest BCUT2D eigenvalue weighted by atomic mass is 9.49. The van der Waals surface area contributed by atoms with Crippen molar-refractivity contribution < 1.29 is 17.6 Å². The standard InChI is InChI=1S/C24H26ClFN4O3S/c25-17-1-2-21(19(26)8-17)34(32,33)30-4-3-18-20(12-30)27-13-28-22(18)29-23(31)24-9-14-5-15(10-24)7-16(6-14)11-24/h1-3,8,13-16,20H,4-7,9-12H2,(H,27,28,29,31). The van der Waals surface area contributed by atoms with Gasteiger partial charge in [-0.15, -0.1) is 0 Å². The van der Waals surface area contributed by atoms with Crippen LogP contribution in [0.3, 0.4) is 0 Å². The molecule has 0 aromatic heterocycles. The maximum atomic E-state index is 14.3. The molecule has 1 aromatic carbocycles. The van der Waals surface area contributed by atoms with Crippen molar-refractivity contribution in [2.24, 2.45) is 33.2 Å². The minimum atomic E-state index is -4.08. The summed E-state index contributed by atoms with van der Waals surface area (Å²) in [6, 6.07) is 3.01. The van der Waals surface area contributed by atoms with Crippen molar-refractivity contribution in [3.05, 3.63) is 40.7 Å². The second kappa shape index (κ2) is 7.96. The molecule has 2 heterocycles. The van der Waals surface area contributed by atoms with Crippen LogP contribution in [0, 0.1) is 29.0 Å². The molecule has 4 aliphatic carbocycles. The highest BCUT2D eigenvalue weighted by Gasteiger charge is 2.55. The number of hydrogen-bond donors (Lipinski definition) is 1. The molecule has 7 nitrogen and oxygen atoms in total. The number of fused-ring (bicyclic) bond motifs is 1. The van der Waals surface area contributed by atoms with Crippen molar-refractivity contribution in [2.75, 3.05) is 13.1 Å². The SMILES string of the molecule is O=C(NC1=NC=NC2CN(S(=O)(=O)c3ccc(Cl)cc3F)CC=C12)C12CC3CC(CC(C3)C1)C2. The minimum Gasteiger partial charge on any atom is -0.310 e. The molecule has 4 fully saturated rings. The first-order chi connectivity index (χ1) is 16.2. The second-order valence-electron chi connectivity index (χ2n) is 10.5. The fourth-order valence-corrected chi connectivity index (χ4v) is 8.67. The molecule has 10 heteroatoms. The van der Waals surface area contributed by atoms with Crippen LogP contribution in [-0.4, -0.2) is 49.9 Å². The summed E-state index contributed by atoms with van der Waals surface area (Å²) in [5.74, 6) is 1.56. The number of amides is 1. The van der Waals surface area contributed by atoms with E-state index >= 15 is 0 Å². The molecule has 1 aromatic rings. The van der Waals surface area contributed by atoms with E-state index in [1.807, 2.05) is 0 Å². The van der Waals surface area contributed by atoms with Gasteiger partial charge in [0.2, 0.25) is 15.9 Å². The molecule has 34 heavy (non-hydrogen) atoms. The van der Waals surface area contributed by atoms with Gasteiger partial charge in [-0.25, -0.2) is 17.8 Å². The molecule has 2 aliphatic heterocycles. The molecule has 0 saturated heterocycles. The zero-order chi connectivity index (χ0) is 23.7. The third kappa shape index (κ3) is 3.63. The number of hydrogen-bond acceptors (Lipinski definition) is 5. The van der Waals surface area contributed by atoms with Crippen molar-refractivity contribution >= 4 is 39.7 Å². The van der Waals surface area contributed by atoms with Gasteiger partial charge < -0.3 is 5.32 Å². The Labute approximate surface area is 203 Å². The van der Waals surface area contributed by atoms with E-state index in [0.717, 1.165) is 25.3 Å².